The maximum Gasteiger partial charge on any atom is 0.128 e. The van der Waals surface area contributed by atoms with Crippen molar-refractivity contribution in [1.29, 1.82) is 0 Å². The van der Waals surface area contributed by atoms with Gasteiger partial charge >= 0.3 is 0 Å². The number of ether oxygens (including phenoxy) is 1. The summed E-state index contributed by atoms with van der Waals surface area (Å²) in [7, 11) is 1.73. The summed E-state index contributed by atoms with van der Waals surface area (Å²) in [5.74, 6) is 1.09. The van der Waals surface area contributed by atoms with Gasteiger partial charge in [0.25, 0.3) is 0 Å². The number of nitrogens with one attached hydrogen (secondary N) is 1. The van der Waals surface area contributed by atoms with E-state index in [9.17, 15) is 0 Å². The first-order valence-corrected chi connectivity index (χ1v) is 8.00. The number of pyridine rings is 1. The van der Waals surface area contributed by atoms with Crippen LogP contribution in [0, 0.1) is 0 Å². The molecule has 2 rings (SSSR count). The average molecular weight is 292 g/mol. The number of hydrogen-bond acceptors (Lipinski definition) is 5. The molecule has 1 saturated heterocycles. The van der Waals surface area contributed by atoms with Crippen LogP contribution < -0.4 is 16.0 Å². The lowest BCUT2D eigenvalue weighted by Gasteiger charge is -2.28. The Balaban J connectivity index is 1.90. The van der Waals surface area contributed by atoms with Gasteiger partial charge in [-0.25, -0.2) is 4.98 Å². The molecule has 1 aliphatic rings. The van der Waals surface area contributed by atoms with Crippen LogP contribution in [0.2, 0.25) is 0 Å². The molecule has 0 aliphatic carbocycles. The van der Waals surface area contributed by atoms with E-state index in [1.807, 2.05) is 6.20 Å². The summed E-state index contributed by atoms with van der Waals surface area (Å²) in [5, 5.41) is 3.48. The van der Waals surface area contributed by atoms with Crippen LogP contribution in [-0.2, 0) is 4.74 Å². The molecular formula is C16H28N4O. The number of nitrogens with two attached hydrogens (primary N) is 1. The molecule has 118 valence electrons. The molecule has 3 N–H and O–H groups in total. The zero-order valence-electron chi connectivity index (χ0n) is 13.1. The van der Waals surface area contributed by atoms with Gasteiger partial charge < -0.3 is 20.7 Å². The molecular weight excluding hydrogens is 264 g/mol. The molecule has 0 amide bonds. The van der Waals surface area contributed by atoms with E-state index in [0.29, 0.717) is 19.2 Å². The van der Waals surface area contributed by atoms with E-state index in [2.05, 4.69) is 27.3 Å². The zero-order valence-corrected chi connectivity index (χ0v) is 13.1. The normalized spacial score (nSPS) is 16.8. The minimum Gasteiger partial charge on any atom is -0.383 e. The van der Waals surface area contributed by atoms with Crippen molar-refractivity contribution < 1.29 is 4.74 Å². The topological polar surface area (TPSA) is 63.4 Å². The Labute approximate surface area is 127 Å². The summed E-state index contributed by atoms with van der Waals surface area (Å²) >= 11 is 0. The van der Waals surface area contributed by atoms with E-state index >= 15 is 0 Å². The van der Waals surface area contributed by atoms with Crippen molar-refractivity contribution >= 4 is 11.5 Å². The number of rotatable bonds is 8. The fraction of sp³-hybridized carbons (Fsp3) is 0.688. The third-order valence-electron chi connectivity index (χ3n) is 3.92. The van der Waals surface area contributed by atoms with Crippen molar-refractivity contribution in [3.05, 3.63) is 18.3 Å². The van der Waals surface area contributed by atoms with Crippen LogP contribution in [0.4, 0.5) is 11.5 Å². The molecule has 1 aromatic heterocycles. The first-order chi connectivity index (χ1) is 10.3. The van der Waals surface area contributed by atoms with E-state index in [4.69, 9.17) is 10.5 Å². The van der Waals surface area contributed by atoms with Crippen molar-refractivity contribution in [2.24, 2.45) is 5.73 Å². The quantitative estimate of drug-likeness (QED) is 0.769. The molecule has 2 heterocycles. The predicted octanol–water partition coefficient (Wildman–Crippen LogP) is 2.24. The standard InChI is InChI=1S/C16H28N4O/c1-21-13-15(6-5-9-17)19-14-7-8-16(18-12-14)20-10-3-2-4-11-20/h7-8,12,15,19H,2-6,9-11,13,17H2,1H3. The largest absolute Gasteiger partial charge is 0.383 e. The highest BCUT2D eigenvalue weighted by Crippen LogP contribution is 2.19. The van der Waals surface area contributed by atoms with Gasteiger partial charge in [-0.3, -0.25) is 0 Å². The SMILES string of the molecule is COCC(CCCN)Nc1ccc(N2CCCCC2)nc1. The van der Waals surface area contributed by atoms with Crippen molar-refractivity contribution in [2.45, 2.75) is 38.1 Å². The third-order valence-corrected chi connectivity index (χ3v) is 3.92. The molecule has 1 unspecified atom stereocenters. The molecule has 0 bridgehead atoms. The Morgan fingerprint density at radius 1 is 1.33 bits per heavy atom. The van der Waals surface area contributed by atoms with Crippen LogP contribution >= 0.6 is 0 Å². The van der Waals surface area contributed by atoms with E-state index < -0.39 is 0 Å². The Morgan fingerprint density at radius 2 is 2.14 bits per heavy atom. The van der Waals surface area contributed by atoms with E-state index in [1.165, 1.54) is 19.3 Å². The van der Waals surface area contributed by atoms with Crippen LogP contribution in [0.3, 0.4) is 0 Å². The van der Waals surface area contributed by atoms with Gasteiger partial charge in [-0.05, 0) is 50.8 Å². The summed E-state index contributed by atoms with van der Waals surface area (Å²) in [4.78, 5) is 6.96. The summed E-state index contributed by atoms with van der Waals surface area (Å²) in [6, 6.07) is 4.52. The molecule has 0 radical (unpaired) electrons. The van der Waals surface area contributed by atoms with Crippen molar-refractivity contribution in [3.63, 3.8) is 0 Å². The molecule has 21 heavy (non-hydrogen) atoms. The highest BCUT2D eigenvalue weighted by Gasteiger charge is 2.12. The van der Waals surface area contributed by atoms with E-state index in [0.717, 1.165) is 37.4 Å². The van der Waals surface area contributed by atoms with Gasteiger partial charge in [0, 0.05) is 26.2 Å². The molecule has 1 atom stereocenters. The Kier molecular flexibility index (Phi) is 6.76. The fourth-order valence-electron chi connectivity index (χ4n) is 2.78. The summed E-state index contributed by atoms with van der Waals surface area (Å²) < 4.78 is 5.26. The van der Waals surface area contributed by atoms with Crippen LogP contribution in [0.1, 0.15) is 32.1 Å². The molecule has 5 nitrogen and oxygen atoms in total. The fourth-order valence-corrected chi connectivity index (χ4v) is 2.78. The number of hydrogen-bond donors (Lipinski definition) is 2. The first kappa shape index (κ1) is 16.0. The highest BCUT2D eigenvalue weighted by molar-refractivity contribution is 5.49. The van der Waals surface area contributed by atoms with Gasteiger partial charge in [-0.2, -0.15) is 0 Å². The lowest BCUT2D eigenvalue weighted by molar-refractivity contribution is 0.182. The number of methoxy groups -OCH3 is 1. The van der Waals surface area contributed by atoms with Gasteiger partial charge in [0.05, 0.1) is 18.5 Å². The molecule has 5 heteroatoms. The second-order valence-corrected chi connectivity index (χ2v) is 5.68. The molecule has 0 aromatic carbocycles. The lowest BCUT2D eigenvalue weighted by Crippen LogP contribution is -2.30. The maximum absolute atomic E-state index is 5.58. The Morgan fingerprint density at radius 3 is 2.76 bits per heavy atom. The van der Waals surface area contributed by atoms with Crippen LogP contribution in [-0.4, -0.2) is 44.4 Å². The lowest BCUT2D eigenvalue weighted by atomic mass is 10.1. The number of nitrogens with zero attached hydrogens (tertiary/aromatic N) is 2. The van der Waals surface area contributed by atoms with E-state index in [1.54, 1.807) is 7.11 Å². The summed E-state index contributed by atoms with van der Waals surface area (Å²) in [6.07, 6.45) is 7.83. The minimum atomic E-state index is 0.293. The second kappa shape index (κ2) is 8.85. The Hall–Kier alpha value is -1.33. The van der Waals surface area contributed by atoms with Crippen molar-refractivity contribution in [1.82, 2.24) is 4.98 Å². The van der Waals surface area contributed by atoms with Crippen LogP contribution in [0.25, 0.3) is 0 Å². The van der Waals surface area contributed by atoms with Crippen LogP contribution in [0.15, 0.2) is 18.3 Å². The van der Waals surface area contributed by atoms with Gasteiger partial charge in [0.2, 0.25) is 0 Å². The molecule has 1 fully saturated rings. The summed E-state index contributed by atoms with van der Waals surface area (Å²) in [5.41, 5.74) is 6.63. The van der Waals surface area contributed by atoms with Crippen molar-refractivity contribution in [2.75, 3.05) is 43.6 Å². The van der Waals surface area contributed by atoms with Crippen molar-refractivity contribution in [3.8, 4) is 0 Å². The predicted molar refractivity (Wildman–Crippen MR) is 87.9 cm³/mol. The van der Waals surface area contributed by atoms with E-state index in [-0.39, 0.29) is 0 Å². The Bertz CT molecular complexity index is 390. The van der Waals surface area contributed by atoms with Gasteiger partial charge in [0.15, 0.2) is 0 Å². The summed E-state index contributed by atoms with van der Waals surface area (Å²) in [6.45, 7) is 3.66. The second-order valence-electron chi connectivity index (χ2n) is 5.68. The third kappa shape index (κ3) is 5.17. The molecule has 1 aliphatic heterocycles. The molecule has 0 spiro atoms. The number of aromatic nitrogens is 1. The van der Waals surface area contributed by atoms with Gasteiger partial charge in [-0.1, -0.05) is 0 Å². The van der Waals surface area contributed by atoms with Gasteiger partial charge in [0.1, 0.15) is 5.82 Å². The average Bonchev–Trinajstić information content (AvgIpc) is 2.54. The number of anilines is 2. The monoisotopic (exact) mass is 292 g/mol. The zero-order chi connectivity index (χ0) is 14.9. The molecule has 0 saturated carbocycles. The minimum absolute atomic E-state index is 0.293. The molecule has 1 aromatic rings. The smallest absolute Gasteiger partial charge is 0.128 e. The van der Waals surface area contributed by atoms with Crippen LogP contribution in [0.5, 0.6) is 0 Å². The highest BCUT2D eigenvalue weighted by atomic mass is 16.5. The number of piperidine rings is 1. The van der Waals surface area contributed by atoms with Gasteiger partial charge in [-0.15, -0.1) is 0 Å². The maximum atomic E-state index is 5.58. The first-order valence-electron chi connectivity index (χ1n) is 8.00.